The molecule has 0 spiro atoms. The van der Waals surface area contributed by atoms with Crippen molar-refractivity contribution in [3.63, 3.8) is 0 Å². The van der Waals surface area contributed by atoms with E-state index in [0.29, 0.717) is 18.8 Å². The van der Waals surface area contributed by atoms with Crippen molar-refractivity contribution < 1.29 is 14.7 Å². The largest absolute Gasteiger partial charge is 0.481 e. The van der Waals surface area contributed by atoms with Crippen molar-refractivity contribution in [2.24, 2.45) is 5.92 Å². The Labute approximate surface area is 97.4 Å². The summed E-state index contributed by atoms with van der Waals surface area (Å²) in [7, 11) is 0. The molecule has 0 aromatic rings. The van der Waals surface area contributed by atoms with Gasteiger partial charge in [0.1, 0.15) is 0 Å². The Morgan fingerprint density at radius 3 is 2.38 bits per heavy atom. The van der Waals surface area contributed by atoms with Crippen LogP contribution in [-0.4, -0.2) is 23.0 Å². The van der Waals surface area contributed by atoms with E-state index in [1.165, 1.54) is 0 Å². The molecular weight excluding hydrogens is 206 g/mol. The number of rotatable bonds is 8. The molecule has 0 saturated carbocycles. The van der Waals surface area contributed by atoms with Crippen LogP contribution in [0.2, 0.25) is 0 Å². The topological polar surface area (TPSA) is 66.4 Å². The maximum absolute atomic E-state index is 11.4. The average molecular weight is 229 g/mol. The van der Waals surface area contributed by atoms with Gasteiger partial charge in [0.25, 0.3) is 0 Å². The standard InChI is InChI=1S/C12H23NO3/c1-4-9(2)8-10(3)13-11(14)6-5-7-12(15)16/h9-10H,4-8H2,1-3H3,(H,13,14)(H,15,16). The van der Waals surface area contributed by atoms with Crippen molar-refractivity contribution in [1.29, 1.82) is 0 Å². The lowest BCUT2D eigenvalue weighted by Gasteiger charge is -2.17. The third-order valence-corrected chi connectivity index (χ3v) is 2.65. The second-order valence-corrected chi connectivity index (χ2v) is 4.46. The van der Waals surface area contributed by atoms with E-state index in [1.807, 2.05) is 6.92 Å². The summed E-state index contributed by atoms with van der Waals surface area (Å²) >= 11 is 0. The number of carbonyl (C=O) groups excluding carboxylic acids is 1. The summed E-state index contributed by atoms with van der Waals surface area (Å²) in [6.07, 6.45) is 2.86. The Balaban J connectivity index is 3.65. The van der Waals surface area contributed by atoms with Gasteiger partial charge in [-0.1, -0.05) is 20.3 Å². The van der Waals surface area contributed by atoms with Gasteiger partial charge < -0.3 is 10.4 Å². The highest BCUT2D eigenvalue weighted by molar-refractivity contribution is 5.77. The fraction of sp³-hybridized carbons (Fsp3) is 0.833. The SMILES string of the molecule is CCC(C)CC(C)NC(=O)CCCC(=O)O. The molecule has 0 radical (unpaired) electrons. The number of hydrogen-bond acceptors (Lipinski definition) is 2. The van der Waals surface area contributed by atoms with Crippen molar-refractivity contribution in [3.05, 3.63) is 0 Å². The molecule has 2 N–H and O–H groups in total. The zero-order chi connectivity index (χ0) is 12.6. The Morgan fingerprint density at radius 1 is 1.25 bits per heavy atom. The molecule has 0 rings (SSSR count). The van der Waals surface area contributed by atoms with Crippen molar-refractivity contribution in [2.75, 3.05) is 0 Å². The van der Waals surface area contributed by atoms with Gasteiger partial charge in [0, 0.05) is 18.9 Å². The highest BCUT2D eigenvalue weighted by Crippen LogP contribution is 2.09. The van der Waals surface area contributed by atoms with Gasteiger partial charge in [-0.2, -0.15) is 0 Å². The molecule has 0 saturated heterocycles. The van der Waals surface area contributed by atoms with Crippen LogP contribution in [0.4, 0.5) is 0 Å². The van der Waals surface area contributed by atoms with E-state index < -0.39 is 5.97 Å². The second-order valence-electron chi connectivity index (χ2n) is 4.46. The van der Waals surface area contributed by atoms with Crippen molar-refractivity contribution in [3.8, 4) is 0 Å². The van der Waals surface area contributed by atoms with Gasteiger partial charge in [0.15, 0.2) is 0 Å². The predicted molar refractivity (Wildman–Crippen MR) is 63.2 cm³/mol. The molecule has 0 fully saturated rings. The molecule has 16 heavy (non-hydrogen) atoms. The summed E-state index contributed by atoms with van der Waals surface area (Å²) in [6, 6.07) is 0.173. The van der Waals surface area contributed by atoms with Gasteiger partial charge in [0.05, 0.1) is 0 Å². The molecule has 0 aliphatic rings. The molecule has 0 aliphatic heterocycles. The van der Waals surface area contributed by atoms with Gasteiger partial charge >= 0.3 is 5.97 Å². The minimum absolute atomic E-state index is 0.0444. The van der Waals surface area contributed by atoms with E-state index in [2.05, 4.69) is 19.2 Å². The quantitative estimate of drug-likeness (QED) is 0.670. The number of hydrogen-bond donors (Lipinski definition) is 2. The van der Waals surface area contributed by atoms with Crippen LogP contribution >= 0.6 is 0 Å². The molecule has 2 atom stereocenters. The summed E-state index contributed by atoms with van der Waals surface area (Å²) in [5.74, 6) is -0.285. The Morgan fingerprint density at radius 2 is 1.88 bits per heavy atom. The van der Waals surface area contributed by atoms with Gasteiger partial charge in [0.2, 0.25) is 5.91 Å². The first kappa shape index (κ1) is 14.9. The first-order chi connectivity index (χ1) is 7.45. The van der Waals surface area contributed by atoms with Crippen LogP contribution in [0.5, 0.6) is 0 Å². The van der Waals surface area contributed by atoms with Gasteiger partial charge in [-0.3, -0.25) is 9.59 Å². The maximum Gasteiger partial charge on any atom is 0.303 e. The Bertz CT molecular complexity index is 228. The fourth-order valence-corrected chi connectivity index (χ4v) is 1.58. The molecule has 4 heteroatoms. The summed E-state index contributed by atoms with van der Waals surface area (Å²) in [6.45, 7) is 6.28. The number of carboxylic acid groups (broad SMARTS) is 1. The van der Waals surface area contributed by atoms with Crippen molar-refractivity contribution in [2.45, 2.75) is 58.9 Å². The van der Waals surface area contributed by atoms with E-state index in [4.69, 9.17) is 5.11 Å². The van der Waals surface area contributed by atoms with E-state index in [-0.39, 0.29) is 18.4 Å². The number of aliphatic carboxylic acids is 1. The van der Waals surface area contributed by atoms with Crippen LogP contribution in [0.15, 0.2) is 0 Å². The third-order valence-electron chi connectivity index (χ3n) is 2.65. The van der Waals surface area contributed by atoms with Crippen molar-refractivity contribution >= 4 is 11.9 Å². The summed E-state index contributed by atoms with van der Waals surface area (Å²) in [5, 5.41) is 11.3. The van der Waals surface area contributed by atoms with Crippen LogP contribution < -0.4 is 5.32 Å². The zero-order valence-corrected chi connectivity index (χ0v) is 10.5. The molecule has 94 valence electrons. The first-order valence-corrected chi connectivity index (χ1v) is 5.96. The van der Waals surface area contributed by atoms with Crippen LogP contribution in [0, 0.1) is 5.92 Å². The molecule has 1 amide bonds. The Kier molecular flexibility index (Phi) is 7.60. The molecule has 0 aromatic carbocycles. The van der Waals surface area contributed by atoms with Crippen molar-refractivity contribution in [1.82, 2.24) is 5.32 Å². The van der Waals surface area contributed by atoms with E-state index in [0.717, 1.165) is 12.8 Å². The zero-order valence-electron chi connectivity index (χ0n) is 10.5. The van der Waals surface area contributed by atoms with Gasteiger partial charge in [-0.25, -0.2) is 0 Å². The minimum Gasteiger partial charge on any atom is -0.481 e. The predicted octanol–water partition coefficient (Wildman–Crippen LogP) is 2.18. The maximum atomic E-state index is 11.4. The smallest absolute Gasteiger partial charge is 0.303 e. The number of nitrogens with one attached hydrogen (secondary N) is 1. The highest BCUT2D eigenvalue weighted by atomic mass is 16.4. The van der Waals surface area contributed by atoms with Crippen LogP contribution in [0.3, 0.4) is 0 Å². The van der Waals surface area contributed by atoms with Gasteiger partial charge in [-0.15, -0.1) is 0 Å². The first-order valence-electron chi connectivity index (χ1n) is 5.96. The van der Waals surface area contributed by atoms with Crippen LogP contribution in [-0.2, 0) is 9.59 Å². The van der Waals surface area contributed by atoms with E-state index in [9.17, 15) is 9.59 Å². The second kappa shape index (κ2) is 8.13. The molecule has 2 unspecified atom stereocenters. The molecule has 0 bridgehead atoms. The molecule has 0 aliphatic carbocycles. The Hall–Kier alpha value is -1.06. The van der Waals surface area contributed by atoms with E-state index in [1.54, 1.807) is 0 Å². The van der Waals surface area contributed by atoms with Crippen LogP contribution in [0.25, 0.3) is 0 Å². The number of carboxylic acids is 1. The molecule has 4 nitrogen and oxygen atoms in total. The summed E-state index contributed by atoms with van der Waals surface area (Å²) < 4.78 is 0. The lowest BCUT2D eigenvalue weighted by atomic mass is 10.0. The number of amides is 1. The van der Waals surface area contributed by atoms with Gasteiger partial charge in [-0.05, 0) is 25.7 Å². The third kappa shape index (κ3) is 8.26. The lowest BCUT2D eigenvalue weighted by Crippen LogP contribution is -2.33. The normalized spacial score (nSPS) is 14.2. The molecule has 0 heterocycles. The molecule has 0 aromatic heterocycles. The average Bonchev–Trinajstić information content (AvgIpc) is 2.16. The van der Waals surface area contributed by atoms with Crippen LogP contribution in [0.1, 0.15) is 52.9 Å². The summed E-state index contributed by atoms with van der Waals surface area (Å²) in [4.78, 5) is 21.7. The highest BCUT2D eigenvalue weighted by Gasteiger charge is 2.10. The molecular formula is C12H23NO3. The lowest BCUT2D eigenvalue weighted by molar-refractivity contribution is -0.137. The minimum atomic E-state index is -0.847. The summed E-state index contributed by atoms with van der Waals surface area (Å²) in [5.41, 5.74) is 0. The monoisotopic (exact) mass is 229 g/mol. The van der Waals surface area contributed by atoms with E-state index >= 15 is 0 Å². The number of carbonyl (C=O) groups is 2. The fourth-order valence-electron chi connectivity index (χ4n) is 1.58.